The highest BCUT2D eigenvalue weighted by atomic mass is 16.7. The van der Waals surface area contributed by atoms with Gasteiger partial charge in [0.15, 0.2) is 0 Å². The standard InChI is InChI=1S/C3H2O5/c4-1-7-3(6)8-2-5/h1-2H. The van der Waals surface area contributed by atoms with Gasteiger partial charge in [-0.2, -0.15) is 0 Å². The molecule has 0 spiro atoms. The van der Waals surface area contributed by atoms with Gasteiger partial charge in [0, 0.05) is 0 Å². The summed E-state index contributed by atoms with van der Waals surface area (Å²) in [6.07, 6.45) is -1.32. The fourth-order valence-corrected chi connectivity index (χ4v) is 0.106. The SMILES string of the molecule is O=COC(=O)OC=O. The van der Waals surface area contributed by atoms with Crippen LogP contribution in [-0.4, -0.2) is 19.1 Å². The van der Waals surface area contributed by atoms with E-state index in [0.717, 1.165) is 0 Å². The molecule has 0 N–H and O–H groups in total. The molecule has 0 heterocycles. The first-order valence-corrected chi connectivity index (χ1v) is 1.56. The molecule has 0 aromatic heterocycles. The number of hydrogen-bond acceptors (Lipinski definition) is 5. The monoisotopic (exact) mass is 118 g/mol. The number of hydrogen-bond donors (Lipinski definition) is 0. The van der Waals surface area contributed by atoms with Gasteiger partial charge < -0.3 is 9.47 Å². The molecule has 0 aliphatic heterocycles. The molecule has 5 nitrogen and oxygen atoms in total. The number of rotatable bonds is 2. The molecule has 0 rings (SSSR count). The van der Waals surface area contributed by atoms with E-state index < -0.39 is 6.16 Å². The first kappa shape index (κ1) is 6.61. The maximum absolute atomic E-state index is 9.74. The summed E-state index contributed by atoms with van der Waals surface area (Å²) in [6, 6.07) is 0. The summed E-state index contributed by atoms with van der Waals surface area (Å²) in [5.74, 6) is 0. The van der Waals surface area contributed by atoms with Crippen molar-refractivity contribution in [2.24, 2.45) is 0 Å². The summed E-state index contributed by atoms with van der Waals surface area (Å²) in [4.78, 5) is 28.2. The van der Waals surface area contributed by atoms with Crippen LogP contribution in [0.15, 0.2) is 0 Å². The van der Waals surface area contributed by atoms with E-state index in [9.17, 15) is 14.4 Å². The molecule has 0 bridgehead atoms. The summed E-state index contributed by atoms with van der Waals surface area (Å²) in [6.45, 7) is -0.266. The summed E-state index contributed by atoms with van der Waals surface area (Å²) >= 11 is 0. The van der Waals surface area contributed by atoms with Gasteiger partial charge in [-0.1, -0.05) is 0 Å². The van der Waals surface area contributed by atoms with Crippen LogP contribution in [0.4, 0.5) is 4.79 Å². The molecule has 0 amide bonds. The minimum Gasteiger partial charge on any atom is -0.363 e. The molecule has 44 valence electrons. The summed E-state index contributed by atoms with van der Waals surface area (Å²) < 4.78 is 7.02. The third-order valence-electron chi connectivity index (χ3n) is 0.289. The van der Waals surface area contributed by atoms with Crippen molar-refractivity contribution in [1.82, 2.24) is 0 Å². The second-order valence-electron chi connectivity index (χ2n) is 0.678. The molecule has 0 unspecified atom stereocenters. The number of carbonyl (C=O) groups excluding carboxylic acids is 3. The maximum Gasteiger partial charge on any atom is 0.523 e. The lowest BCUT2D eigenvalue weighted by atomic mass is 11.3. The summed E-state index contributed by atoms with van der Waals surface area (Å²) in [5, 5.41) is 0. The Labute approximate surface area is 44.2 Å². The molecule has 0 aliphatic carbocycles. The Hall–Kier alpha value is -1.39. The van der Waals surface area contributed by atoms with Crippen LogP contribution in [0.1, 0.15) is 0 Å². The lowest BCUT2D eigenvalue weighted by molar-refractivity contribution is -0.130. The average molecular weight is 118 g/mol. The highest BCUT2D eigenvalue weighted by Crippen LogP contribution is 1.74. The van der Waals surface area contributed by atoms with Crippen molar-refractivity contribution in [3.05, 3.63) is 0 Å². The van der Waals surface area contributed by atoms with E-state index in [0.29, 0.717) is 0 Å². The Bertz CT molecular complexity index is 94.2. The fourth-order valence-electron chi connectivity index (χ4n) is 0.106. The molecule has 8 heavy (non-hydrogen) atoms. The van der Waals surface area contributed by atoms with Gasteiger partial charge in [-0.3, -0.25) is 9.59 Å². The van der Waals surface area contributed by atoms with Crippen LogP contribution >= 0.6 is 0 Å². The van der Waals surface area contributed by atoms with Crippen molar-refractivity contribution in [2.75, 3.05) is 0 Å². The third-order valence-corrected chi connectivity index (χ3v) is 0.289. The van der Waals surface area contributed by atoms with Crippen LogP contribution in [0.3, 0.4) is 0 Å². The molecule has 0 atom stereocenters. The minimum atomic E-state index is -1.32. The van der Waals surface area contributed by atoms with Crippen molar-refractivity contribution in [2.45, 2.75) is 0 Å². The van der Waals surface area contributed by atoms with Gasteiger partial charge in [-0.05, 0) is 0 Å². The first-order valence-electron chi connectivity index (χ1n) is 1.56. The van der Waals surface area contributed by atoms with Gasteiger partial charge in [0.05, 0.1) is 0 Å². The van der Waals surface area contributed by atoms with Gasteiger partial charge in [-0.15, -0.1) is 0 Å². The lowest BCUT2D eigenvalue weighted by Crippen LogP contribution is -2.03. The smallest absolute Gasteiger partial charge is 0.363 e. The highest BCUT2D eigenvalue weighted by molar-refractivity contribution is 5.74. The molecule has 0 saturated carbocycles. The first-order chi connectivity index (χ1) is 3.81. The Morgan fingerprint density at radius 3 is 1.75 bits per heavy atom. The molecule has 0 aliphatic rings. The maximum atomic E-state index is 9.74. The van der Waals surface area contributed by atoms with E-state index in [1.807, 2.05) is 0 Å². The van der Waals surface area contributed by atoms with E-state index in [4.69, 9.17) is 0 Å². The highest BCUT2D eigenvalue weighted by Gasteiger charge is 1.97. The van der Waals surface area contributed by atoms with Gasteiger partial charge >= 0.3 is 19.1 Å². The summed E-state index contributed by atoms with van der Waals surface area (Å²) in [7, 11) is 0. The second kappa shape index (κ2) is 3.79. The van der Waals surface area contributed by atoms with Crippen LogP contribution < -0.4 is 0 Å². The minimum absolute atomic E-state index is 0.133. The van der Waals surface area contributed by atoms with Gasteiger partial charge in [0.2, 0.25) is 0 Å². The Morgan fingerprint density at radius 1 is 1.12 bits per heavy atom. The van der Waals surface area contributed by atoms with E-state index in [1.54, 1.807) is 0 Å². The molecular weight excluding hydrogens is 116 g/mol. The number of carbonyl (C=O) groups is 3. The normalized spacial score (nSPS) is 7.00. The zero-order valence-corrected chi connectivity index (χ0v) is 3.70. The lowest BCUT2D eigenvalue weighted by Gasteiger charge is -1.86. The third kappa shape index (κ3) is 2.83. The van der Waals surface area contributed by atoms with Gasteiger partial charge in [-0.25, -0.2) is 4.79 Å². The Kier molecular flexibility index (Phi) is 3.13. The van der Waals surface area contributed by atoms with Crippen LogP contribution in [0, 0.1) is 0 Å². The predicted molar refractivity (Wildman–Crippen MR) is 19.7 cm³/mol. The Balaban J connectivity index is 3.32. The van der Waals surface area contributed by atoms with Crippen molar-refractivity contribution < 1.29 is 23.9 Å². The van der Waals surface area contributed by atoms with Gasteiger partial charge in [0.25, 0.3) is 0 Å². The molecule has 0 radical (unpaired) electrons. The quantitative estimate of drug-likeness (QED) is 0.276. The van der Waals surface area contributed by atoms with E-state index in [1.165, 1.54) is 0 Å². The largest absolute Gasteiger partial charge is 0.523 e. The van der Waals surface area contributed by atoms with Crippen LogP contribution in [0.25, 0.3) is 0 Å². The van der Waals surface area contributed by atoms with Crippen molar-refractivity contribution in [3.63, 3.8) is 0 Å². The molecule has 5 heteroatoms. The Morgan fingerprint density at radius 2 is 1.50 bits per heavy atom. The molecule has 0 aromatic rings. The van der Waals surface area contributed by atoms with Crippen molar-refractivity contribution >= 4 is 19.1 Å². The molecular formula is C3H2O5. The van der Waals surface area contributed by atoms with E-state index in [-0.39, 0.29) is 12.9 Å². The average Bonchev–Trinajstić information content (AvgIpc) is 1.68. The number of ether oxygens (including phenoxy) is 2. The van der Waals surface area contributed by atoms with Crippen LogP contribution in [0.2, 0.25) is 0 Å². The summed E-state index contributed by atoms with van der Waals surface area (Å²) in [5.41, 5.74) is 0. The topological polar surface area (TPSA) is 69.7 Å². The van der Waals surface area contributed by atoms with E-state index in [2.05, 4.69) is 9.47 Å². The fraction of sp³-hybridized carbons (Fsp3) is 0. The van der Waals surface area contributed by atoms with Gasteiger partial charge in [0.1, 0.15) is 0 Å². The zero-order valence-electron chi connectivity index (χ0n) is 3.70. The molecule has 0 fully saturated rings. The molecule has 0 saturated heterocycles. The van der Waals surface area contributed by atoms with Crippen molar-refractivity contribution in [3.8, 4) is 0 Å². The van der Waals surface area contributed by atoms with Crippen LogP contribution in [0.5, 0.6) is 0 Å². The predicted octanol–water partition coefficient (Wildman–Crippen LogP) is -0.548. The molecule has 0 aromatic carbocycles. The second-order valence-corrected chi connectivity index (χ2v) is 0.678. The van der Waals surface area contributed by atoms with Crippen LogP contribution in [-0.2, 0) is 19.1 Å². The zero-order chi connectivity index (χ0) is 6.41. The van der Waals surface area contributed by atoms with E-state index >= 15 is 0 Å². The van der Waals surface area contributed by atoms with Crippen molar-refractivity contribution in [1.29, 1.82) is 0 Å².